The van der Waals surface area contributed by atoms with E-state index in [0.717, 1.165) is 60.0 Å². The first-order chi connectivity index (χ1) is 19.0. The first-order valence-electron chi connectivity index (χ1n) is 12.9. The molecule has 0 radical (unpaired) electrons. The zero-order valence-electron chi connectivity index (χ0n) is 22.0. The second kappa shape index (κ2) is 12.7. The number of halogens is 2. The highest BCUT2D eigenvalue weighted by Crippen LogP contribution is 2.42. The van der Waals surface area contributed by atoms with Crippen molar-refractivity contribution in [2.24, 2.45) is 0 Å². The number of H-pyrrole nitrogens is 1. The molecule has 1 aliphatic carbocycles. The second-order valence-electron chi connectivity index (χ2n) is 9.96. The van der Waals surface area contributed by atoms with Crippen molar-refractivity contribution >= 4 is 14.1 Å². The van der Waals surface area contributed by atoms with Crippen LogP contribution in [0.4, 0.5) is 8.78 Å². The van der Waals surface area contributed by atoms with E-state index in [1.54, 1.807) is 0 Å². The van der Waals surface area contributed by atoms with Crippen LogP contribution in [0, 0.1) is 5.82 Å². The lowest BCUT2D eigenvalue weighted by atomic mass is 9.98. The van der Waals surface area contributed by atoms with Crippen molar-refractivity contribution in [1.82, 2.24) is 14.4 Å². The molecule has 4 rings (SSSR count). The summed E-state index contributed by atoms with van der Waals surface area (Å²) < 4.78 is 59.4. The predicted octanol–water partition coefficient (Wildman–Crippen LogP) is 2.63. The smallest absolute Gasteiger partial charge is 0.330 e. The summed E-state index contributed by atoms with van der Waals surface area (Å²) in [6.07, 6.45) is 0.238. The SMILES string of the molecule is CC(C(=O)OC1CCCCC1)N(Oc1ccc(F)cc1)[PH](=O)OC[C@H]1O[C@@H](n2ccc(=O)[nH]c2=O)[C@](C)(F)[C@@H]1O. The van der Waals surface area contributed by atoms with E-state index in [-0.39, 0.29) is 11.9 Å². The van der Waals surface area contributed by atoms with Crippen LogP contribution < -0.4 is 16.1 Å². The average molecular weight is 588 g/mol. The molecule has 1 saturated heterocycles. The number of ether oxygens (including phenoxy) is 2. The van der Waals surface area contributed by atoms with Crippen molar-refractivity contribution in [3.05, 3.63) is 63.2 Å². The topological polar surface area (TPSA) is 149 Å². The number of hydrogen-bond donors (Lipinski definition) is 2. The van der Waals surface area contributed by atoms with Gasteiger partial charge in [-0.15, -0.1) is 0 Å². The highest BCUT2D eigenvalue weighted by molar-refractivity contribution is 7.36. The van der Waals surface area contributed by atoms with Crippen molar-refractivity contribution in [1.29, 1.82) is 0 Å². The number of hydroxylamine groups is 1. The van der Waals surface area contributed by atoms with Gasteiger partial charge >= 0.3 is 11.7 Å². The van der Waals surface area contributed by atoms with E-state index < -0.39 is 68.0 Å². The molecule has 2 aromatic rings. The average Bonchev–Trinajstić information content (AvgIpc) is 3.15. The Hall–Kier alpha value is -2.90. The van der Waals surface area contributed by atoms with Crippen molar-refractivity contribution in [2.45, 2.75) is 82.2 Å². The van der Waals surface area contributed by atoms with Gasteiger partial charge in [0.15, 0.2) is 11.9 Å². The third kappa shape index (κ3) is 6.87. The van der Waals surface area contributed by atoms with Crippen molar-refractivity contribution < 1.29 is 42.1 Å². The fraction of sp³-hybridized carbons (Fsp3) is 0.560. The fourth-order valence-corrected chi connectivity index (χ4v) is 5.64. The van der Waals surface area contributed by atoms with E-state index in [9.17, 15) is 28.4 Å². The Balaban J connectivity index is 1.47. The molecule has 6 atom stereocenters. The molecule has 0 amide bonds. The Morgan fingerprint density at radius 1 is 1.25 bits per heavy atom. The minimum Gasteiger partial charge on any atom is -0.461 e. The van der Waals surface area contributed by atoms with Gasteiger partial charge in [0.25, 0.3) is 13.7 Å². The molecule has 40 heavy (non-hydrogen) atoms. The zero-order chi connectivity index (χ0) is 29.0. The van der Waals surface area contributed by atoms with Crippen LogP contribution in [0.1, 0.15) is 52.2 Å². The summed E-state index contributed by atoms with van der Waals surface area (Å²) in [6, 6.07) is 4.53. The molecule has 1 aromatic carbocycles. The van der Waals surface area contributed by atoms with Crippen LogP contribution in [0.3, 0.4) is 0 Å². The van der Waals surface area contributed by atoms with Crippen LogP contribution in [0.2, 0.25) is 0 Å². The molecule has 1 aromatic heterocycles. The van der Waals surface area contributed by atoms with Crippen LogP contribution in [-0.2, 0) is 23.4 Å². The van der Waals surface area contributed by atoms with E-state index in [2.05, 4.69) is 0 Å². The lowest BCUT2D eigenvalue weighted by Crippen LogP contribution is -2.43. The highest BCUT2D eigenvalue weighted by Gasteiger charge is 2.55. The number of aliphatic hydroxyl groups is 1. The molecule has 220 valence electrons. The Bertz CT molecular complexity index is 1310. The molecule has 2 N–H and O–H groups in total. The van der Waals surface area contributed by atoms with Crippen LogP contribution in [0.25, 0.3) is 0 Å². The zero-order valence-corrected chi connectivity index (χ0v) is 23.0. The van der Waals surface area contributed by atoms with Gasteiger partial charge in [-0.05, 0) is 63.8 Å². The Kier molecular flexibility index (Phi) is 9.57. The third-order valence-corrected chi connectivity index (χ3v) is 8.17. The summed E-state index contributed by atoms with van der Waals surface area (Å²) in [5.41, 5.74) is -4.14. The van der Waals surface area contributed by atoms with Gasteiger partial charge in [0, 0.05) is 12.3 Å². The molecule has 1 aliphatic heterocycles. The molecule has 0 spiro atoms. The molecule has 2 aliphatic rings. The number of benzene rings is 1. The normalized spacial score (nSPS) is 26.9. The van der Waals surface area contributed by atoms with Gasteiger partial charge in [0.05, 0.1) is 6.61 Å². The number of aromatic nitrogens is 2. The largest absolute Gasteiger partial charge is 0.461 e. The van der Waals surface area contributed by atoms with E-state index in [0.29, 0.717) is 12.8 Å². The lowest BCUT2D eigenvalue weighted by Gasteiger charge is -2.29. The molecule has 0 bridgehead atoms. The van der Waals surface area contributed by atoms with E-state index in [1.165, 1.54) is 19.1 Å². The number of carbonyl (C=O) groups excluding carboxylic acids is 1. The number of nitrogens with one attached hydrogen (secondary N) is 1. The van der Waals surface area contributed by atoms with E-state index >= 15 is 4.39 Å². The number of rotatable bonds is 10. The highest BCUT2D eigenvalue weighted by atomic mass is 31.1. The Labute approximate surface area is 228 Å². The number of aliphatic hydroxyl groups excluding tert-OH is 1. The summed E-state index contributed by atoms with van der Waals surface area (Å²) >= 11 is 0. The number of hydrogen-bond acceptors (Lipinski definition) is 9. The number of carbonyl (C=O) groups is 1. The first kappa shape index (κ1) is 30.1. The van der Waals surface area contributed by atoms with Gasteiger partial charge in [0.1, 0.15) is 35.9 Å². The molecule has 15 heteroatoms. The summed E-state index contributed by atoms with van der Waals surface area (Å²) in [6.45, 7) is 1.80. The Morgan fingerprint density at radius 3 is 2.58 bits per heavy atom. The second-order valence-corrected chi connectivity index (χ2v) is 11.2. The van der Waals surface area contributed by atoms with Gasteiger partial charge in [-0.2, -0.15) is 0 Å². The van der Waals surface area contributed by atoms with Gasteiger partial charge in [-0.3, -0.25) is 23.7 Å². The molecule has 2 unspecified atom stereocenters. The van der Waals surface area contributed by atoms with Gasteiger partial charge in [-0.1, -0.05) is 11.3 Å². The standard InChI is InChI=1S/C25H32F2N3O9P/c1-15(22(33)37-17-6-4-3-5-7-17)30(39-18-10-8-16(26)9-11-18)40(35)36-14-19-21(32)25(2,27)23(38-19)29-13-12-20(31)28-24(29)34/h8-13,15,17,19,21,23,32,40H,3-7,14H2,1-2H3,(H,28,31,34)/t15?,19-,21-,23-,25-/m1/s1. The molecule has 2 heterocycles. The summed E-state index contributed by atoms with van der Waals surface area (Å²) in [4.78, 5) is 44.8. The maximum Gasteiger partial charge on any atom is 0.330 e. The van der Waals surface area contributed by atoms with Crippen molar-refractivity contribution in [2.75, 3.05) is 6.61 Å². The van der Waals surface area contributed by atoms with E-state index in [4.69, 9.17) is 18.8 Å². The van der Waals surface area contributed by atoms with Crippen LogP contribution in [-0.4, -0.2) is 62.1 Å². The van der Waals surface area contributed by atoms with Gasteiger partial charge < -0.3 is 23.9 Å². The Morgan fingerprint density at radius 2 is 1.93 bits per heavy atom. The quantitative estimate of drug-likeness (QED) is 0.241. The van der Waals surface area contributed by atoms with Crippen molar-refractivity contribution in [3.63, 3.8) is 0 Å². The first-order valence-corrected chi connectivity index (χ1v) is 14.2. The minimum absolute atomic E-state index is 0.0617. The lowest BCUT2D eigenvalue weighted by molar-refractivity contribution is -0.162. The summed E-state index contributed by atoms with van der Waals surface area (Å²) in [5, 5.41) is 10.6. The molecular formula is C25H32F2N3O9P. The molecule has 1 saturated carbocycles. The fourth-order valence-electron chi connectivity index (χ4n) is 4.60. The third-order valence-electron chi connectivity index (χ3n) is 6.92. The van der Waals surface area contributed by atoms with E-state index in [1.807, 2.05) is 4.98 Å². The summed E-state index contributed by atoms with van der Waals surface area (Å²) in [7, 11) is -3.42. The number of alkyl halides is 1. The van der Waals surface area contributed by atoms with Crippen LogP contribution >= 0.6 is 8.18 Å². The maximum absolute atomic E-state index is 15.5. The minimum atomic E-state index is -3.42. The summed E-state index contributed by atoms with van der Waals surface area (Å²) in [5.74, 6) is -1.18. The maximum atomic E-state index is 15.5. The molecular weight excluding hydrogens is 555 g/mol. The van der Waals surface area contributed by atoms with Gasteiger partial charge in [0.2, 0.25) is 0 Å². The number of aromatic amines is 1. The number of esters is 1. The van der Waals surface area contributed by atoms with Crippen molar-refractivity contribution in [3.8, 4) is 5.75 Å². The predicted molar refractivity (Wildman–Crippen MR) is 137 cm³/mol. The van der Waals surface area contributed by atoms with Crippen LogP contribution in [0.5, 0.6) is 5.75 Å². The monoisotopic (exact) mass is 587 g/mol. The van der Waals surface area contributed by atoms with Crippen LogP contribution in [0.15, 0.2) is 46.1 Å². The molecule has 2 fully saturated rings. The number of nitrogens with zero attached hydrogens (tertiary/aromatic N) is 2. The molecule has 12 nitrogen and oxygen atoms in total. The van der Waals surface area contributed by atoms with Gasteiger partial charge in [-0.25, -0.2) is 13.6 Å².